The number of hydrogen-bond donors (Lipinski definition) is 0. The lowest BCUT2D eigenvalue weighted by Gasteiger charge is -2.31. The van der Waals surface area contributed by atoms with E-state index in [9.17, 15) is 0 Å². The summed E-state index contributed by atoms with van der Waals surface area (Å²) in [6.07, 6.45) is 0. The van der Waals surface area contributed by atoms with Gasteiger partial charge in [-0.3, -0.25) is 0 Å². The molecule has 0 N–H and O–H groups in total. The van der Waals surface area contributed by atoms with E-state index < -0.39 is 0 Å². The zero-order chi connectivity index (χ0) is 42.1. The molecule has 0 amide bonds. The van der Waals surface area contributed by atoms with Crippen LogP contribution in [0.15, 0.2) is 144 Å². The Balaban J connectivity index is 1.39. The SMILES string of the molecule is Cc1c2ccccc2c(C)c2cc3c(cc12)n(-c1cc(C(C)(C)C)cc(C(C)(C)C)c1)c1cc2ccccc2c2c1-n3n1c3ccccc3c3c4oc5ccccc5c4cc2c31. The first-order valence-electron chi connectivity index (χ1n) is 22.0. The molecule has 2 aliphatic rings. The Morgan fingerprint density at radius 2 is 1.02 bits per heavy atom. The topological polar surface area (TPSA) is 27.4 Å². The highest BCUT2D eigenvalue weighted by Crippen LogP contribution is 2.49. The van der Waals surface area contributed by atoms with Crippen LogP contribution in [-0.4, -0.2) is 13.8 Å². The summed E-state index contributed by atoms with van der Waals surface area (Å²) in [6.45, 7) is 18.7. The third-order valence-electron chi connectivity index (χ3n) is 14.2. The lowest BCUT2D eigenvalue weighted by atomic mass is 9.80. The minimum absolute atomic E-state index is 0.0627. The Hall–Kier alpha value is -7.04. The second-order valence-corrected chi connectivity index (χ2v) is 19.9. The van der Waals surface area contributed by atoms with Crippen molar-refractivity contribution in [3.63, 3.8) is 0 Å². The molecule has 0 spiro atoms. The molecule has 0 saturated carbocycles. The Morgan fingerprint density at radius 1 is 0.435 bits per heavy atom. The van der Waals surface area contributed by atoms with Crippen molar-refractivity contribution in [3.05, 3.63) is 162 Å². The maximum atomic E-state index is 6.90. The van der Waals surface area contributed by atoms with Crippen molar-refractivity contribution >= 4 is 103 Å². The molecule has 0 saturated heterocycles. The van der Waals surface area contributed by atoms with E-state index in [0.29, 0.717) is 0 Å². The standard InChI is InChI=1S/C58H47N3O/c1-32-38-18-11-12-19-39(38)33(2)44-31-49-48(30-43(32)44)59(37-27-35(57(3,4)5)26-36(28-37)58(6,7)8)50-25-34-17-9-10-20-40(34)52-46-29-45-41-21-14-16-24-51(41)62-56(45)53-42-22-13-15-23-47(42)60(54(46)53)61(49)55(50)52/h9-31H,1-8H3. The summed E-state index contributed by atoms with van der Waals surface area (Å²) in [5.41, 5.74) is 15.1. The molecule has 2 aromatic heterocycles. The van der Waals surface area contributed by atoms with Crippen LogP contribution in [0.5, 0.6) is 0 Å². The number of furan rings is 1. The third-order valence-corrected chi connectivity index (χ3v) is 14.2. The quantitative estimate of drug-likeness (QED) is 0.120. The first-order chi connectivity index (χ1) is 29.9. The van der Waals surface area contributed by atoms with E-state index in [1.807, 2.05) is 0 Å². The number of aryl methyl sites for hydroxylation is 2. The fourth-order valence-corrected chi connectivity index (χ4v) is 11.0. The number of benzene rings is 9. The van der Waals surface area contributed by atoms with Crippen LogP contribution in [-0.2, 0) is 10.8 Å². The van der Waals surface area contributed by atoms with E-state index in [-0.39, 0.29) is 10.8 Å². The van der Waals surface area contributed by atoms with Crippen LogP contribution in [0, 0.1) is 13.8 Å². The molecule has 62 heavy (non-hydrogen) atoms. The molecule has 0 fully saturated rings. The summed E-state index contributed by atoms with van der Waals surface area (Å²) in [5, 5.41) is 14.7. The number of para-hydroxylation sites is 2. The van der Waals surface area contributed by atoms with Gasteiger partial charge in [0.2, 0.25) is 0 Å². The largest absolute Gasteiger partial charge is 0.455 e. The van der Waals surface area contributed by atoms with E-state index >= 15 is 0 Å². The molecule has 9 aromatic carbocycles. The Bertz CT molecular complexity index is 4040. The molecular formula is C58H47N3O. The van der Waals surface area contributed by atoms with E-state index in [0.717, 1.165) is 43.9 Å². The van der Waals surface area contributed by atoms with Crippen molar-refractivity contribution in [2.75, 3.05) is 0 Å². The minimum Gasteiger partial charge on any atom is -0.455 e. The molecule has 13 rings (SSSR count). The third kappa shape index (κ3) is 4.57. The van der Waals surface area contributed by atoms with Gasteiger partial charge in [-0.15, -0.1) is 0 Å². The van der Waals surface area contributed by atoms with Crippen molar-refractivity contribution in [2.45, 2.75) is 66.2 Å². The molecule has 0 aliphatic carbocycles. The fourth-order valence-electron chi connectivity index (χ4n) is 11.0. The molecule has 0 radical (unpaired) electrons. The lowest BCUT2D eigenvalue weighted by Crippen LogP contribution is -2.19. The van der Waals surface area contributed by atoms with Crippen LogP contribution in [0.4, 0.5) is 0 Å². The van der Waals surface area contributed by atoms with Crippen molar-refractivity contribution in [3.8, 4) is 11.4 Å². The fraction of sp³-hybridized carbons (Fsp3) is 0.172. The second-order valence-electron chi connectivity index (χ2n) is 19.9. The van der Waals surface area contributed by atoms with Crippen LogP contribution >= 0.6 is 0 Å². The molecule has 4 heteroatoms. The number of rotatable bonds is 1. The van der Waals surface area contributed by atoms with Crippen LogP contribution in [0.2, 0.25) is 0 Å². The van der Waals surface area contributed by atoms with Crippen LogP contribution in [0.25, 0.3) is 115 Å². The molecule has 300 valence electrons. The van der Waals surface area contributed by atoms with Crippen molar-refractivity contribution in [2.24, 2.45) is 0 Å². The lowest BCUT2D eigenvalue weighted by molar-refractivity contribution is 0.568. The highest BCUT2D eigenvalue weighted by molar-refractivity contribution is 6.33. The van der Waals surface area contributed by atoms with Gasteiger partial charge in [0.25, 0.3) is 0 Å². The van der Waals surface area contributed by atoms with Gasteiger partial charge in [-0.1, -0.05) is 133 Å². The number of hydrogen-bond acceptors (Lipinski definition) is 1. The first kappa shape index (κ1) is 35.7. The zero-order valence-corrected chi connectivity index (χ0v) is 36.5. The van der Waals surface area contributed by atoms with Gasteiger partial charge < -0.3 is 8.98 Å². The predicted octanol–water partition coefficient (Wildman–Crippen LogP) is 16.1. The maximum absolute atomic E-state index is 6.90. The van der Waals surface area contributed by atoms with Crippen molar-refractivity contribution < 1.29 is 4.42 Å². The molecule has 4 nitrogen and oxygen atoms in total. The average molecular weight is 802 g/mol. The maximum Gasteiger partial charge on any atom is 0.145 e. The van der Waals surface area contributed by atoms with Gasteiger partial charge in [0.1, 0.15) is 11.2 Å². The van der Waals surface area contributed by atoms with Gasteiger partial charge in [-0.05, 0) is 128 Å². The van der Waals surface area contributed by atoms with Gasteiger partial charge >= 0.3 is 0 Å². The molecule has 0 atom stereocenters. The number of fused-ring (bicyclic) bond motifs is 15. The normalized spacial score (nSPS) is 13.2. The monoisotopic (exact) mass is 801 g/mol. The van der Waals surface area contributed by atoms with Gasteiger partial charge in [0.05, 0.1) is 38.7 Å². The summed E-state index contributed by atoms with van der Waals surface area (Å²) in [5.74, 6) is 0. The summed E-state index contributed by atoms with van der Waals surface area (Å²) in [7, 11) is 0. The van der Waals surface area contributed by atoms with Crippen molar-refractivity contribution in [1.29, 1.82) is 0 Å². The van der Waals surface area contributed by atoms with E-state index in [2.05, 4.69) is 209 Å². The summed E-state index contributed by atoms with van der Waals surface area (Å²) < 4.78 is 14.6. The minimum atomic E-state index is -0.0627. The van der Waals surface area contributed by atoms with Crippen LogP contribution in [0.1, 0.15) is 63.8 Å². The van der Waals surface area contributed by atoms with E-state index in [1.54, 1.807) is 0 Å². The number of nitrogens with zero attached hydrogens (tertiary/aromatic N) is 3. The highest BCUT2D eigenvalue weighted by Gasteiger charge is 2.30. The predicted molar refractivity (Wildman–Crippen MR) is 264 cm³/mol. The second kappa shape index (κ2) is 11.9. The molecule has 2 aliphatic heterocycles. The Kier molecular flexibility index (Phi) is 6.83. The highest BCUT2D eigenvalue weighted by atomic mass is 16.3. The Morgan fingerprint density at radius 3 is 1.69 bits per heavy atom. The Labute approximate surface area is 359 Å². The van der Waals surface area contributed by atoms with E-state index in [4.69, 9.17) is 4.42 Å². The molecule has 4 heterocycles. The summed E-state index contributed by atoms with van der Waals surface area (Å²) in [6, 6.07) is 52.6. The molecular weight excluding hydrogens is 755 g/mol. The average Bonchev–Trinajstić information content (AvgIpc) is 3.81. The number of aromatic nitrogens is 3. The summed E-state index contributed by atoms with van der Waals surface area (Å²) >= 11 is 0. The van der Waals surface area contributed by atoms with E-state index in [1.165, 1.54) is 93.1 Å². The van der Waals surface area contributed by atoms with Gasteiger partial charge in [-0.2, -0.15) is 0 Å². The van der Waals surface area contributed by atoms with Crippen LogP contribution in [0.3, 0.4) is 0 Å². The molecule has 11 aromatic rings. The van der Waals surface area contributed by atoms with Crippen molar-refractivity contribution in [1.82, 2.24) is 13.8 Å². The van der Waals surface area contributed by atoms with Crippen LogP contribution < -0.4 is 0 Å². The first-order valence-corrected chi connectivity index (χ1v) is 22.0. The van der Waals surface area contributed by atoms with Gasteiger partial charge in [-0.25, -0.2) is 9.20 Å². The summed E-state index contributed by atoms with van der Waals surface area (Å²) in [4.78, 5) is 0. The van der Waals surface area contributed by atoms with Gasteiger partial charge in [0.15, 0.2) is 0 Å². The smallest absolute Gasteiger partial charge is 0.145 e. The molecule has 0 unspecified atom stereocenters. The zero-order valence-electron chi connectivity index (χ0n) is 36.5. The molecule has 0 bridgehead atoms. The van der Waals surface area contributed by atoms with Gasteiger partial charge in [0, 0.05) is 32.6 Å².